The molecule has 17 heavy (non-hydrogen) atoms. The third-order valence-corrected chi connectivity index (χ3v) is 2.94. The summed E-state index contributed by atoms with van der Waals surface area (Å²) in [5.41, 5.74) is -4.76. The number of hydrogen-bond donors (Lipinski definition) is 2. The van der Waals surface area contributed by atoms with Crippen LogP contribution < -0.4 is 0 Å². The molecule has 0 heterocycles. The van der Waals surface area contributed by atoms with Gasteiger partial charge in [-0.3, -0.25) is 4.57 Å². The summed E-state index contributed by atoms with van der Waals surface area (Å²) in [6.45, 7) is 0. The molecule has 0 amide bonds. The minimum Gasteiger partial charge on any atom is -0.320 e. The molecule has 0 atom stereocenters. The Morgan fingerprint density at radius 1 is 1.41 bits per heavy atom. The first kappa shape index (κ1) is 13.5. The number of benzene rings is 1. The second kappa shape index (κ2) is 4.76. The fourth-order valence-electron chi connectivity index (χ4n) is 1.13. The SMILES string of the molecule is N#C/C=C\c1cccc(C(F)(F)P(=O)(O)O)c1. The van der Waals surface area contributed by atoms with Crippen LogP contribution in [-0.2, 0) is 10.2 Å². The van der Waals surface area contributed by atoms with Gasteiger partial charge in [-0.15, -0.1) is 0 Å². The maximum Gasteiger partial charge on any atom is 0.399 e. The van der Waals surface area contributed by atoms with Crippen LogP contribution in [0.3, 0.4) is 0 Å². The standard InChI is InChI=1S/C10H8F2NO3P/c11-10(12,17(14,15)16)9-5-1-3-8(7-9)4-2-6-13/h1-5,7H,(H2,14,15,16)/b4-2-. The van der Waals surface area contributed by atoms with E-state index in [2.05, 4.69) is 0 Å². The highest BCUT2D eigenvalue weighted by Gasteiger charge is 2.50. The fourth-order valence-corrected chi connectivity index (χ4v) is 1.61. The number of halogens is 2. The Hall–Kier alpha value is -1.54. The highest BCUT2D eigenvalue weighted by molar-refractivity contribution is 7.52. The number of nitrogens with zero attached hydrogens (tertiary/aromatic N) is 1. The maximum absolute atomic E-state index is 13.3. The zero-order chi connectivity index (χ0) is 13.1. The molecule has 0 aromatic heterocycles. The van der Waals surface area contributed by atoms with Crippen molar-refractivity contribution in [3.8, 4) is 6.07 Å². The van der Waals surface area contributed by atoms with E-state index in [-0.39, 0.29) is 5.56 Å². The predicted molar refractivity (Wildman–Crippen MR) is 57.0 cm³/mol. The molecule has 0 saturated heterocycles. The zero-order valence-electron chi connectivity index (χ0n) is 8.42. The Labute approximate surface area is 96.0 Å². The monoisotopic (exact) mass is 259 g/mol. The summed E-state index contributed by atoms with van der Waals surface area (Å²) >= 11 is 0. The van der Waals surface area contributed by atoms with Crippen molar-refractivity contribution < 1.29 is 23.1 Å². The van der Waals surface area contributed by atoms with Crippen LogP contribution in [-0.4, -0.2) is 9.79 Å². The average Bonchev–Trinajstić information content (AvgIpc) is 2.25. The predicted octanol–water partition coefficient (Wildman–Crippen LogP) is 2.45. The lowest BCUT2D eigenvalue weighted by Crippen LogP contribution is -2.13. The summed E-state index contributed by atoms with van der Waals surface area (Å²) < 4.78 is 37.3. The lowest BCUT2D eigenvalue weighted by molar-refractivity contribution is 0.0564. The summed E-state index contributed by atoms with van der Waals surface area (Å²) in [7, 11) is -5.56. The molecule has 1 rings (SSSR count). The van der Waals surface area contributed by atoms with Gasteiger partial charge in [0.15, 0.2) is 0 Å². The lowest BCUT2D eigenvalue weighted by Gasteiger charge is -2.18. The van der Waals surface area contributed by atoms with Crippen molar-refractivity contribution in [2.75, 3.05) is 0 Å². The van der Waals surface area contributed by atoms with Crippen molar-refractivity contribution >= 4 is 13.7 Å². The normalized spacial score (nSPS) is 12.6. The molecule has 1 aromatic carbocycles. The van der Waals surface area contributed by atoms with E-state index < -0.39 is 18.8 Å². The largest absolute Gasteiger partial charge is 0.399 e. The molecule has 0 aliphatic rings. The van der Waals surface area contributed by atoms with Gasteiger partial charge in [-0.1, -0.05) is 18.2 Å². The number of allylic oxidation sites excluding steroid dienone is 1. The zero-order valence-corrected chi connectivity index (χ0v) is 9.31. The molecule has 7 heteroatoms. The Morgan fingerprint density at radius 3 is 2.59 bits per heavy atom. The van der Waals surface area contributed by atoms with Crippen LogP contribution in [0.1, 0.15) is 11.1 Å². The molecule has 0 bridgehead atoms. The van der Waals surface area contributed by atoms with Gasteiger partial charge in [0.25, 0.3) is 0 Å². The molecule has 2 N–H and O–H groups in total. The second-order valence-corrected chi connectivity index (χ2v) is 4.82. The van der Waals surface area contributed by atoms with E-state index in [1.54, 1.807) is 6.07 Å². The van der Waals surface area contributed by atoms with Gasteiger partial charge in [0.2, 0.25) is 0 Å². The Kier molecular flexibility index (Phi) is 3.79. The molecule has 0 unspecified atom stereocenters. The molecule has 0 radical (unpaired) electrons. The summed E-state index contributed by atoms with van der Waals surface area (Å²) in [4.78, 5) is 17.1. The molecule has 4 nitrogen and oxygen atoms in total. The average molecular weight is 259 g/mol. The van der Waals surface area contributed by atoms with Gasteiger partial charge in [-0.25, -0.2) is 0 Å². The second-order valence-electron chi connectivity index (χ2n) is 3.17. The van der Waals surface area contributed by atoms with Gasteiger partial charge in [0.05, 0.1) is 6.07 Å². The summed E-state index contributed by atoms with van der Waals surface area (Å²) in [6, 6.07) is 6.20. The third-order valence-electron chi connectivity index (χ3n) is 1.95. The molecule has 0 aliphatic heterocycles. The van der Waals surface area contributed by atoms with Gasteiger partial charge < -0.3 is 9.79 Å². The van der Waals surface area contributed by atoms with E-state index in [4.69, 9.17) is 15.0 Å². The van der Waals surface area contributed by atoms with Crippen LogP contribution in [0.4, 0.5) is 8.78 Å². The first-order chi connectivity index (χ1) is 7.79. The van der Waals surface area contributed by atoms with E-state index in [0.717, 1.165) is 18.2 Å². The topological polar surface area (TPSA) is 81.3 Å². The molecule has 0 aliphatic carbocycles. The Morgan fingerprint density at radius 2 is 2.06 bits per heavy atom. The first-order valence-electron chi connectivity index (χ1n) is 4.39. The summed E-state index contributed by atoms with van der Waals surface area (Å²) in [5, 5.41) is 8.28. The molecule has 0 fully saturated rings. The first-order valence-corrected chi connectivity index (χ1v) is 6.00. The molecular formula is C10H8F2NO3P. The molecule has 1 aromatic rings. The number of rotatable bonds is 3. The van der Waals surface area contributed by atoms with E-state index in [0.29, 0.717) is 0 Å². The van der Waals surface area contributed by atoms with Crippen LogP contribution in [0.15, 0.2) is 30.3 Å². The quantitative estimate of drug-likeness (QED) is 0.645. The Bertz CT molecular complexity index is 531. The van der Waals surface area contributed by atoms with Gasteiger partial charge in [0.1, 0.15) is 0 Å². The molecular weight excluding hydrogens is 251 g/mol. The van der Waals surface area contributed by atoms with Gasteiger partial charge in [-0.05, 0) is 17.7 Å². The van der Waals surface area contributed by atoms with Crippen LogP contribution in [0.5, 0.6) is 0 Å². The number of alkyl halides is 2. The van der Waals surface area contributed by atoms with E-state index in [9.17, 15) is 13.3 Å². The van der Waals surface area contributed by atoms with Crippen LogP contribution in [0, 0.1) is 11.3 Å². The summed E-state index contributed by atoms with van der Waals surface area (Å²) in [6.07, 6.45) is 2.34. The van der Waals surface area contributed by atoms with Gasteiger partial charge >= 0.3 is 13.3 Å². The van der Waals surface area contributed by atoms with Crippen molar-refractivity contribution in [2.24, 2.45) is 0 Å². The van der Waals surface area contributed by atoms with Crippen molar-refractivity contribution in [1.82, 2.24) is 0 Å². The molecule has 0 saturated carbocycles. The number of nitriles is 1. The number of hydrogen-bond acceptors (Lipinski definition) is 2. The van der Waals surface area contributed by atoms with E-state index in [1.165, 1.54) is 18.2 Å². The summed E-state index contributed by atoms with van der Waals surface area (Å²) in [5.74, 6) is 0. The van der Waals surface area contributed by atoms with Crippen LogP contribution in [0.25, 0.3) is 6.08 Å². The van der Waals surface area contributed by atoms with Crippen molar-refractivity contribution in [3.05, 3.63) is 41.5 Å². The van der Waals surface area contributed by atoms with E-state index in [1.807, 2.05) is 0 Å². The van der Waals surface area contributed by atoms with Gasteiger partial charge in [0, 0.05) is 11.6 Å². The van der Waals surface area contributed by atoms with Crippen molar-refractivity contribution in [2.45, 2.75) is 5.66 Å². The minimum absolute atomic E-state index is 0.261. The van der Waals surface area contributed by atoms with Gasteiger partial charge in [-0.2, -0.15) is 14.0 Å². The highest BCUT2D eigenvalue weighted by Crippen LogP contribution is 2.59. The third kappa shape index (κ3) is 2.98. The van der Waals surface area contributed by atoms with Crippen molar-refractivity contribution in [3.63, 3.8) is 0 Å². The lowest BCUT2D eigenvalue weighted by atomic mass is 10.1. The van der Waals surface area contributed by atoms with Crippen LogP contribution in [0.2, 0.25) is 0 Å². The molecule has 90 valence electrons. The van der Waals surface area contributed by atoms with Crippen LogP contribution >= 0.6 is 7.60 Å². The maximum atomic E-state index is 13.3. The highest BCUT2D eigenvalue weighted by atomic mass is 31.2. The Balaban J connectivity index is 3.21. The van der Waals surface area contributed by atoms with Crippen molar-refractivity contribution in [1.29, 1.82) is 5.26 Å². The molecule has 0 spiro atoms. The minimum atomic E-state index is -5.56. The fraction of sp³-hybridized carbons (Fsp3) is 0.100. The smallest absolute Gasteiger partial charge is 0.320 e. The van der Waals surface area contributed by atoms with E-state index >= 15 is 0 Å².